The van der Waals surface area contributed by atoms with E-state index in [0.29, 0.717) is 11.4 Å². The third-order valence-electron chi connectivity index (χ3n) is 3.79. The highest BCUT2D eigenvalue weighted by molar-refractivity contribution is 7.92. The van der Waals surface area contributed by atoms with Crippen molar-refractivity contribution in [1.82, 2.24) is 0 Å². The summed E-state index contributed by atoms with van der Waals surface area (Å²) in [5, 5.41) is 2.74. The summed E-state index contributed by atoms with van der Waals surface area (Å²) in [6.07, 6.45) is 1.01. The first kappa shape index (κ1) is 22.5. The van der Waals surface area contributed by atoms with Gasteiger partial charge in [-0.3, -0.25) is 9.10 Å². The molecule has 29 heavy (non-hydrogen) atoms. The summed E-state index contributed by atoms with van der Waals surface area (Å²) in [7, 11) is -2.23. The molecule has 0 fully saturated rings. The van der Waals surface area contributed by atoms with Crippen molar-refractivity contribution in [3.63, 3.8) is 0 Å². The number of hydrogen-bond donors (Lipinski definition) is 1. The lowest BCUT2D eigenvalue weighted by Crippen LogP contribution is -2.37. The van der Waals surface area contributed by atoms with Gasteiger partial charge in [0.2, 0.25) is 15.9 Å². The highest BCUT2D eigenvalue weighted by atomic mass is 35.5. The number of halogens is 1. The first-order valence-electron chi connectivity index (χ1n) is 8.54. The van der Waals surface area contributed by atoms with E-state index in [2.05, 4.69) is 5.32 Å². The van der Waals surface area contributed by atoms with Crippen LogP contribution < -0.4 is 14.4 Å². The maximum Gasteiger partial charge on any atom is 0.339 e. The summed E-state index contributed by atoms with van der Waals surface area (Å²) in [5.74, 6) is -0.660. The quantitative estimate of drug-likeness (QED) is 0.633. The summed E-state index contributed by atoms with van der Waals surface area (Å²) in [6, 6.07) is 10.6. The zero-order chi connectivity index (χ0) is 21.6. The van der Waals surface area contributed by atoms with E-state index < -0.39 is 28.4 Å². The Morgan fingerprint density at radius 3 is 2.34 bits per heavy atom. The van der Waals surface area contributed by atoms with Gasteiger partial charge in [-0.05, 0) is 49.4 Å². The van der Waals surface area contributed by atoms with Crippen molar-refractivity contribution in [2.45, 2.75) is 6.92 Å². The number of carbonyl (C=O) groups excluding carboxylic acids is 2. The van der Waals surface area contributed by atoms with Crippen LogP contribution in [0.25, 0.3) is 0 Å². The second-order valence-electron chi connectivity index (χ2n) is 5.93. The van der Waals surface area contributed by atoms with Crippen LogP contribution in [0.4, 0.5) is 11.4 Å². The maximum atomic E-state index is 12.5. The van der Waals surface area contributed by atoms with Crippen molar-refractivity contribution in [2.24, 2.45) is 0 Å². The highest BCUT2D eigenvalue weighted by Gasteiger charge is 2.21. The normalized spacial score (nSPS) is 10.9. The number of nitrogens with one attached hydrogen (secondary N) is 1. The molecular formula is C19H21ClN2O6S. The third-order valence-corrected chi connectivity index (χ3v) is 5.26. The monoisotopic (exact) mass is 440 g/mol. The molecule has 8 nitrogen and oxygen atoms in total. The van der Waals surface area contributed by atoms with Crippen molar-refractivity contribution in [2.75, 3.05) is 36.1 Å². The van der Waals surface area contributed by atoms with Gasteiger partial charge in [0.05, 0.1) is 36.2 Å². The maximum absolute atomic E-state index is 12.5. The van der Waals surface area contributed by atoms with Gasteiger partial charge in [-0.15, -0.1) is 0 Å². The van der Waals surface area contributed by atoms with Gasteiger partial charge >= 0.3 is 5.97 Å². The molecule has 1 N–H and O–H groups in total. The molecule has 0 aliphatic rings. The van der Waals surface area contributed by atoms with Crippen molar-refractivity contribution in [3.8, 4) is 5.75 Å². The van der Waals surface area contributed by atoms with Gasteiger partial charge in [0.25, 0.3) is 0 Å². The Morgan fingerprint density at radius 2 is 1.79 bits per heavy atom. The zero-order valence-corrected chi connectivity index (χ0v) is 17.7. The Hall–Kier alpha value is -2.78. The van der Waals surface area contributed by atoms with Gasteiger partial charge in [0, 0.05) is 5.69 Å². The first-order valence-corrected chi connectivity index (χ1v) is 10.8. The molecule has 2 aromatic carbocycles. The van der Waals surface area contributed by atoms with Crippen LogP contribution in [-0.4, -0.2) is 46.8 Å². The zero-order valence-electron chi connectivity index (χ0n) is 16.1. The smallest absolute Gasteiger partial charge is 0.339 e. The number of ether oxygens (including phenoxy) is 2. The molecule has 0 aliphatic carbocycles. The minimum atomic E-state index is -3.72. The third kappa shape index (κ3) is 6.10. The second-order valence-corrected chi connectivity index (χ2v) is 8.24. The molecule has 0 spiro atoms. The fourth-order valence-electron chi connectivity index (χ4n) is 2.45. The number of amides is 1. The molecule has 0 saturated heterocycles. The van der Waals surface area contributed by atoms with Crippen LogP contribution in [0, 0.1) is 0 Å². The molecule has 0 saturated carbocycles. The van der Waals surface area contributed by atoms with Crippen molar-refractivity contribution in [3.05, 3.63) is 53.1 Å². The average Bonchev–Trinajstić information content (AvgIpc) is 2.67. The van der Waals surface area contributed by atoms with E-state index in [1.54, 1.807) is 19.1 Å². The van der Waals surface area contributed by atoms with Gasteiger partial charge < -0.3 is 14.8 Å². The predicted octanol–water partition coefficient (Wildman–Crippen LogP) is 2.93. The average molecular weight is 441 g/mol. The van der Waals surface area contributed by atoms with Gasteiger partial charge in [0.1, 0.15) is 12.3 Å². The van der Waals surface area contributed by atoms with Gasteiger partial charge in [-0.2, -0.15) is 0 Å². The molecule has 0 heterocycles. The molecule has 0 bridgehead atoms. The number of anilines is 2. The van der Waals surface area contributed by atoms with E-state index in [1.165, 1.54) is 37.4 Å². The second kappa shape index (κ2) is 9.62. The number of methoxy groups -OCH3 is 1. The number of esters is 1. The number of nitrogens with zero attached hydrogens (tertiary/aromatic N) is 1. The number of rotatable bonds is 8. The van der Waals surface area contributed by atoms with Crippen LogP contribution in [-0.2, 0) is 19.6 Å². The summed E-state index contributed by atoms with van der Waals surface area (Å²) < 4.78 is 35.3. The van der Waals surface area contributed by atoms with E-state index >= 15 is 0 Å². The molecule has 2 aromatic rings. The van der Waals surface area contributed by atoms with Crippen LogP contribution in [0.15, 0.2) is 42.5 Å². The Bertz CT molecular complexity index is 992. The summed E-state index contributed by atoms with van der Waals surface area (Å²) >= 11 is 6.00. The van der Waals surface area contributed by atoms with Crippen LogP contribution in [0.1, 0.15) is 17.3 Å². The topological polar surface area (TPSA) is 102 Å². The Balaban J connectivity index is 2.20. The minimum absolute atomic E-state index is 0.0986. The first-order chi connectivity index (χ1) is 13.7. The van der Waals surface area contributed by atoms with Crippen molar-refractivity contribution < 1.29 is 27.5 Å². The molecule has 10 heteroatoms. The van der Waals surface area contributed by atoms with Gasteiger partial charge in [-0.1, -0.05) is 11.6 Å². The Morgan fingerprint density at radius 1 is 1.14 bits per heavy atom. The van der Waals surface area contributed by atoms with E-state index in [-0.39, 0.29) is 22.9 Å². The number of sulfonamides is 1. The number of benzene rings is 2. The van der Waals surface area contributed by atoms with E-state index in [1.807, 2.05) is 0 Å². The highest BCUT2D eigenvalue weighted by Crippen LogP contribution is 2.23. The molecule has 0 unspecified atom stereocenters. The molecule has 0 radical (unpaired) electrons. The molecule has 0 atom stereocenters. The standard InChI is InChI=1S/C19H21ClN2O6S/c1-4-28-19(24)16-11-13(5-10-17(16)20)21-18(23)12-22(29(3,25)26)14-6-8-15(27-2)9-7-14/h5-11H,4,12H2,1-3H3,(H,21,23). The fourth-order valence-corrected chi connectivity index (χ4v) is 3.50. The van der Waals surface area contributed by atoms with E-state index in [0.717, 1.165) is 10.6 Å². The van der Waals surface area contributed by atoms with Gasteiger partial charge in [-0.25, -0.2) is 13.2 Å². The molecular weight excluding hydrogens is 420 g/mol. The van der Waals surface area contributed by atoms with Crippen LogP contribution in [0.2, 0.25) is 5.02 Å². The van der Waals surface area contributed by atoms with Crippen LogP contribution in [0.5, 0.6) is 5.75 Å². The summed E-state index contributed by atoms with van der Waals surface area (Å²) in [6.45, 7) is 1.38. The largest absolute Gasteiger partial charge is 0.497 e. The van der Waals surface area contributed by atoms with E-state index in [9.17, 15) is 18.0 Å². The lowest BCUT2D eigenvalue weighted by atomic mass is 10.2. The SMILES string of the molecule is CCOC(=O)c1cc(NC(=O)CN(c2ccc(OC)cc2)S(C)(=O)=O)ccc1Cl. The summed E-state index contributed by atoms with van der Waals surface area (Å²) in [4.78, 5) is 24.4. The number of carbonyl (C=O) groups is 2. The van der Waals surface area contributed by atoms with Crippen LogP contribution in [0.3, 0.4) is 0 Å². The lowest BCUT2D eigenvalue weighted by Gasteiger charge is -2.22. The van der Waals surface area contributed by atoms with Gasteiger partial charge in [0.15, 0.2) is 0 Å². The Kier molecular flexibility index (Phi) is 7.46. The lowest BCUT2D eigenvalue weighted by molar-refractivity contribution is -0.114. The molecule has 156 valence electrons. The number of hydrogen-bond acceptors (Lipinski definition) is 6. The molecule has 2 rings (SSSR count). The minimum Gasteiger partial charge on any atom is -0.497 e. The molecule has 1 amide bonds. The molecule has 0 aromatic heterocycles. The molecule has 0 aliphatic heterocycles. The Labute approximate surface area is 174 Å². The summed E-state index contributed by atoms with van der Waals surface area (Å²) in [5.41, 5.74) is 0.693. The van der Waals surface area contributed by atoms with E-state index in [4.69, 9.17) is 21.1 Å². The van der Waals surface area contributed by atoms with Crippen LogP contribution >= 0.6 is 11.6 Å². The van der Waals surface area contributed by atoms with Crippen molar-refractivity contribution in [1.29, 1.82) is 0 Å². The predicted molar refractivity (Wildman–Crippen MR) is 111 cm³/mol. The van der Waals surface area contributed by atoms with Crippen molar-refractivity contribution >= 4 is 44.9 Å². The fraction of sp³-hybridized carbons (Fsp3) is 0.263.